The number of nitrogens with two attached hydrogens (primary N) is 2. The number of rotatable bonds is 16. The first kappa shape index (κ1) is 30.0. The number of imidazole rings is 1. The molecule has 1 aromatic heterocycles. The van der Waals surface area contributed by atoms with E-state index in [1.165, 1.54) is 12.5 Å². The van der Waals surface area contributed by atoms with Gasteiger partial charge in [0.2, 0.25) is 17.7 Å². The largest absolute Gasteiger partial charge is 0.480 e. The van der Waals surface area contributed by atoms with Gasteiger partial charge in [0.15, 0.2) is 0 Å². The number of nitrogens with zero attached hydrogens (tertiary/aromatic N) is 1. The van der Waals surface area contributed by atoms with Gasteiger partial charge in [-0.3, -0.25) is 14.4 Å². The predicted molar refractivity (Wildman–Crippen MR) is 131 cm³/mol. The zero-order valence-electron chi connectivity index (χ0n) is 21.0. The number of aromatic nitrogens is 2. The molecule has 0 aromatic carbocycles. The second-order valence-electron chi connectivity index (χ2n) is 9.17. The molecule has 0 saturated heterocycles. The number of aromatic amines is 1. The van der Waals surface area contributed by atoms with Crippen LogP contribution in [0.4, 0.5) is 0 Å². The molecule has 12 nitrogen and oxygen atoms in total. The molecule has 0 aliphatic rings. The van der Waals surface area contributed by atoms with Crippen molar-refractivity contribution in [2.75, 3.05) is 6.54 Å². The third-order valence-corrected chi connectivity index (χ3v) is 5.98. The molecule has 9 N–H and O–H groups in total. The third kappa shape index (κ3) is 10.0. The number of hydrogen-bond donors (Lipinski definition) is 7. The number of nitrogens with one attached hydrogen (secondary N) is 4. The summed E-state index contributed by atoms with van der Waals surface area (Å²) in [7, 11) is 0. The maximum Gasteiger partial charge on any atom is 0.326 e. The normalized spacial score (nSPS) is 15.5. The van der Waals surface area contributed by atoms with E-state index >= 15 is 0 Å². The molecule has 0 spiro atoms. The van der Waals surface area contributed by atoms with Gasteiger partial charge in [-0.15, -0.1) is 0 Å². The van der Waals surface area contributed by atoms with E-state index in [1.54, 1.807) is 13.8 Å². The highest BCUT2D eigenvalue weighted by molar-refractivity contribution is 5.94. The molecule has 12 heteroatoms. The Morgan fingerprint density at radius 2 is 1.69 bits per heavy atom. The van der Waals surface area contributed by atoms with Crippen molar-refractivity contribution in [1.82, 2.24) is 25.9 Å². The number of amides is 3. The lowest BCUT2D eigenvalue weighted by atomic mass is 9.98. The fourth-order valence-electron chi connectivity index (χ4n) is 3.41. The van der Waals surface area contributed by atoms with E-state index in [0.717, 1.165) is 0 Å². The second kappa shape index (κ2) is 15.1. The third-order valence-electron chi connectivity index (χ3n) is 5.98. The molecule has 198 valence electrons. The van der Waals surface area contributed by atoms with Crippen LogP contribution in [0.3, 0.4) is 0 Å². The Hall–Kier alpha value is -2.99. The van der Waals surface area contributed by atoms with Gasteiger partial charge in [0, 0.05) is 18.3 Å². The van der Waals surface area contributed by atoms with Crippen molar-refractivity contribution in [3.63, 3.8) is 0 Å². The molecule has 0 aliphatic heterocycles. The van der Waals surface area contributed by atoms with E-state index in [-0.39, 0.29) is 18.3 Å². The van der Waals surface area contributed by atoms with E-state index < -0.39 is 47.9 Å². The average molecular weight is 496 g/mol. The first-order valence-corrected chi connectivity index (χ1v) is 12.1. The Morgan fingerprint density at radius 1 is 1.03 bits per heavy atom. The highest BCUT2D eigenvalue weighted by Gasteiger charge is 2.32. The number of carbonyl (C=O) groups is 4. The smallest absolute Gasteiger partial charge is 0.326 e. The van der Waals surface area contributed by atoms with Gasteiger partial charge in [-0.2, -0.15) is 0 Å². The topological polar surface area (TPSA) is 205 Å². The molecule has 3 amide bonds. The number of carbonyl (C=O) groups excluding carboxylic acids is 3. The lowest BCUT2D eigenvalue weighted by molar-refractivity contribution is -0.142. The van der Waals surface area contributed by atoms with E-state index in [0.29, 0.717) is 37.9 Å². The van der Waals surface area contributed by atoms with Crippen LogP contribution in [0.1, 0.15) is 59.1 Å². The van der Waals surface area contributed by atoms with Crippen molar-refractivity contribution >= 4 is 23.7 Å². The van der Waals surface area contributed by atoms with Crippen LogP contribution >= 0.6 is 0 Å². The Bertz CT molecular complexity index is 815. The number of unbranched alkanes of at least 4 members (excludes halogenated alkanes) is 1. The summed E-state index contributed by atoms with van der Waals surface area (Å²) >= 11 is 0. The Balaban J connectivity index is 2.94. The van der Waals surface area contributed by atoms with E-state index in [9.17, 15) is 24.3 Å². The van der Waals surface area contributed by atoms with Crippen LogP contribution in [0.25, 0.3) is 0 Å². The molecular formula is C23H41N7O5. The van der Waals surface area contributed by atoms with Crippen LogP contribution in [-0.2, 0) is 25.6 Å². The maximum atomic E-state index is 13.1. The van der Waals surface area contributed by atoms with Gasteiger partial charge < -0.3 is 37.5 Å². The van der Waals surface area contributed by atoms with Gasteiger partial charge in [0.1, 0.15) is 18.1 Å². The van der Waals surface area contributed by atoms with Gasteiger partial charge in [-0.1, -0.05) is 34.1 Å². The second-order valence-corrected chi connectivity index (χ2v) is 9.17. The van der Waals surface area contributed by atoms with Crippen LogP contribution in [0.15, 0.2) is 12.5 Å². The highest BCUT2D eigenvalue weighted by Crippen LogP contribution is 2.10. The maximum absolute atomic E-state index is 13.1. The zero-order chi connectivity index (χ0) is 26.5. The standard InChI is InChI=1S/C23H41N7O5/c1-5-14(4)18(25)21(32)28-16(8-6-7-9-24)20(31)30-19(13(2)3)22(33)29-17(23(34)35)10-15-11-26-12-27-15/h11-14,16-19H,5-10,24-25H2,1-4H3,(H,26,27)(H,28,32)(H,29,33)(H,30,31)(H,34,35). The molecule has 0 saturated carbocycles. The minimum absolute atomic E-state index is 0.00507. The summed E-state index contributed by atoms with van der Waals surface area (Å²) < 4.78 is 0. The number of carboxylic acids is 1. The Morgan fingerprint density at radius 3 is 2.20 bits per heavy atom. The van der Waals surface area contributed by atoms with Crippen molar-refractivity contribution in [2.45, 2.75) is 84.0 Å². The highest BCUT2D eigenvalue weighted by atomic mass is 16.4. The van der Waals surface area contributed by atoms with Gasteiger partial charge in [-0.05, 0) is 37.6 Å². The quantitative estimate of drug-likeness (QED) is 0.150. The van der Waals surface area contributed by atoms with E-state index in [4.69, 9.17) is 11.5 Å². The number of carboxylic acid groups (broad SMARTS) is 1. The molecule has 1 rings (SSSR count). The summed E-state index contributed by atoms with van der Waals surface area (Å²) in [6.07, 6.45) is 5.19. The fraction of sp³-hybridized carbons (Fsp3) is 0.696. The molecular weight excluding hydrogens is 454 g/mol. The van der Waals surface area contributed by atoms with E-state index in [1.807, 2.05) is 13.8 Å². The number of H-pyrrole nitrogens is 1. The monoisotopic (exact) mass is 495 g/mol. The average Bonchev–Trinajstić information content (AvgIpc) is 3.32. The zero-order valence-corrected chi connectivity index (χ0v) is 21.0. The summed E-state index contributed by atoms with van der Waals surface area (Å²) in [6.45, 7) is 7.69. The molecule has 0 fully saturated rings. The van der Waals surface area contributed by atoms with Crippen LogP contribution in [0.2, 0.25) is 0 Å². The molecule has 5 atom stereocenters. The molecule has 1 heterocycles. The van der Waals surface area contributed by atoms with Gasteiger partial charge in [0.25, 0.3) is 0 Å². The number of hydrogen-bond acceptors (Lipinski definition) is 7. The van der Waals surface area contributed by atoms with Crippen molar-refractivity contribution in [2.24, 2.45) is 23.3 Å². The minimum atomic E-state index is -1.22. The van der Waals surface area contributed by atoms with Gasteiger partial charge in [-0.25, -0.2) is 9.78 Å². The molecule has 35 heavy (non-hydrogen) atoms. The predicted octanol–water partition coefficient (Wildman–Crippen LogP) is -0.350. The molecule has 5 unspecified atom stereocenters. The van der Waals surface area contributed by atoms with Crippen molar-refractivity contribution in [3.8, 4) is 0 Å². The van der Waals surface area contributed by atoms with Crippen molar-refractivity contribution in [1.29, 1.82) is 0 Å². The van der Waals surface area contributed by atoms with Gasteiger partial charge >= 0.3 is 5.97 Å². The van der Waals surface area contributed by atoms with Gasteiger partial charge in [0.05, 0.1) is 12.4 Å². The van der Waals surface area contributed by atoms with E-state index in [2.05, 4.69) is 25.9 Å². The van der Waals surface area contributed by atoms with Crippen LogP contribution < -0.4 is 27.4 Å². The summed E-state index contributed by atoms with van der Waals surface area (Å²) in [5.41, 5.74) is 12.1. The van der Waals surface area contributed by atoms with Crippen LogP contribution in [0, 0.1) is 11.8 Å². The molecule has 0 aliphatic carbocycles. The van der Waals surface area contributed by atoms with Crippen LogP contribution in [0.5, 0.6) is 0 Å². The molecule has 0 bridgehead atoms. The number of aliphatic carboxylic acids is 1. The Kier molecular flexibility index (Phi) is 13.0. The van der Waals surface area contributed by atoms with Crippen molar-refractivity contribution in [3.05, 3.63) is 18.2 Å². The summed E-state index contributed by atoms with van der Waals surface area (Å²) in [5, 5.41) is 17.4. The van der Waals surface area contributed by atoms with Crippen LogP contribution in [-0.4, -0.2) is 69.5 Å². The minimum Gasteiger partial charge on any atom is -0.480 e. The summed E-state index contributed by atoms with van der Waals surface area (Å²) in [5.74, 6) is -3.25. The SMILES string of the molecule is CCC(C)C(N)C(=O)NC(CCCCN)C(=O)NC(C(=O)NC(Cc1cnc[nH]1)C(=O)O)C(C)C. The summed E-state index contributed by atoms with van der Waals surface area (Å²) in [6, 6.07) is -3.90. The first-order chi connectivity index (χ1) is 16.5. The lowest BCUT2D eigenvalue weighted by Gasteiger charge is -2.27. The lowest BCUT2D eigenvalue weighted by Crippen LogP contribution is -2.59. The molecule has 0 radical (unpaired) electrons. The molecule has 1 aromatic rings. The fourth-order valence-corrected chi connectivity index (χ4v) is 3.41. The summed E-state index contributed by atoms with van der Waals surface area (Å²) in [4.78, 5) is 57.1. The Labute approximate surface area is 206 Å². The van der Waals surface area contributed by atoms with Crippen molar-refractivity contribution < 1.29 is 24.3 Å². The first-order valence-electron chi connectivity index (χ1n) is 12.1.